The molecule has 0 fully saturated rings. The number of rotatable bonds is 3. The highest BCUT2D eigenvalue weighted by molar-refractivity contribution is 5.00. The summed E-state index contributed by atoms with van der Waals surface area (Å²) in [5, 5.41) is 2.80. The van der Waals surface area contributed by atoms with Gasteiger partial charge in [0.25, 0.3) is 5.82 Å². The van der Waals surface area contributed by atoms with Gasteiger partial charge in [0.2, 0.25) is 5.82 Å². The first-order valence-electron chi connectivity index (χ1n) is 4.36. The van der Waals surface area contributed by atoms with Gasteiger partial charge >= 0.3 is 12.4 Å². The maximum atomic E-state index is 12.4. The second-order valence-electron chi connectivity index (χ2n) is 3.06. The van der Waals surface area contributed by atoms with E-state index in [1.165, 1.54) is 6.08 Å². The molecule has 0 spiro atoms. The Kier molecular flexibility index (Phi) is 3.48. The summed E-state index contributed by atoms with van der Waals surface area (Å²) in [6.45, 7) is 2.90. The Balaban J connectivity index is 3.17. The largest absolute Gasteiger partial charge is 0.453 e. The van der Waals surface area contributed by atoms with Gasteiger partial charge in [-0.1, -0.05) is 6.08 Å². The van der Waals surface area contributed by atoms with Crippen molar-refractivity contribution in [3.05, 3.63) is 24.3 Å². The van der Waals surface area contributed by atoms with Gasteiger partial charge in [-0.2, -0.15) is 31.3 Å². The lowest BCUT2D eigenvalue weighted by atomic mass is 10.4. The summed E-state index contributed by atoms with van der Waals surface area (Å²) in [7, 11) is 0. The predicted molar refractivity (Wildman–Crippen MR) is 44.8 cm³/mol. The molecule has 0 aliphatic rings. The molecule has 3 nitrogen and oxygen atoms in total. The number of aryl methyl sites for hydroxylation is 1. The summed E-state index contributed by atoms with van der Waals surface area (Å²) in [4.78, 5) is 2.47. The van der Waals surface area contributed by atoms with E-state index in [4.69, 9.17) is 0 Å². The van der Waals surface area contributed by atoms with Crippen molar-refractivity contribution in [2.24, 2.45) is 0 Å². The Hall–Kier alpha value is -1.54. The molecular weight excluding hydrogens is 252 g/mol. The van der Waals surface area contributed by atoms with Crippen molar-refractivity contribution in [2.75, 3.05) is 0 Å². The number of aromatic nitrogens is 3. The smallest absolute Gasteiger partial charge is 0.241 e. The van der Waals surface area contributed by atoms with Crippen molar-refractivity contribution in [1.29, 1.82) is 0 Å². The molecule has 1 rings (SSSR count). The van der Waals surface area contributed by atoms with Crippen LogP contribution in [0.4, 0.5) is 26.3 Å². The third-order valence-electron chi connectivity index (χ3n) is 1.72. The molecule has 17 heavy (non-hydrogen) atoms. The van der Waals surface area contributed by atoms with E-state index in [1.54, 1.807) is 0 Å². The molecular formula is C8H7F6N3. The average Bonchev–Trinajstić information content (AvgIpc) is 2.56. The summed E-state index contributed by atoms with van der Waals surface area (Å²) in [6, 6.07) is 0. The maximum absolute atomic E-state index is 12.4. The van der Waals surface area contributed by atoms with Crippen molar-refractivity contribution >= 4 is 0 Å². The fourth-order valence-corrected chi connectivity index (χ4v) is 1.04. The minimum atomic E-state index is -5.00. The average molecular weight is 259 g/mol. The highest BCUT2D eigenvalue weighted by atomic mass is 19.4. The quantitative estimate of drug-likeness (QED) is 0.617. The van der Waals surface area contributed by atoms with E-state index in [1.807, 2.05) is 0 Å². The second kappa shape index (κ2) is 4.38. The number of halogens is 6. The SMILES string of the molecule is C=CCCn1nc(C(F)(F)F)nc1C(F)(F)F. The van der Waals surface area contributed by atoms with Crippen LogP contribution < -0.4 is 0 Å². The van der Waals surface area contributed by atoms with Gasteiger partial charge in [0.1, 0.15) is 0 Å². The van der Waals surface area contributed by atoms with Crippen LogP contribution in [0.1, 0.15) is 18.1 Å². The lowest BCUT2D eigenvalue weighted by molar-refractivity contribution is -0.150. The zero-order valence-corrected chi connectivity index (χ0v) is 8.31. The highest BCUT2D eigenvalue weighted by Crippen LogP contribution is 2.32. The Morgan fingerprint density at radius 3 is 2.12 bits per heavy atom. The maximum Gasteiger partial charge on any atom is 0.453 e. The lowest BCUT2D eigenvalue weighted by Gasteiger charge is -2.06. The highest BCUT2D eigenvalue weighted by Gasteiger charge is 2.43. The molecule has 0 N–H and O–H groups in total. The summed E-state index contributed by atoms with van der Waals surface area (Å²) in [5.41, 5.74) is 0. The van der Waals surface area contributed by atoms with Crippen LogP contribution in [-0.2, 0) is 18.9 Å². The number of hydrogen-bond acceptors (Lipinski definition) is 2. The molecule has 0 amide bonds. The predicted octanol–water partition coefficient (Wildman–Crippen LogP) is 2.89. The lowest BCUT2D eigenvalue weighted by Crippen LogP contribution is -2.15. The van der Waals surface area contributed by atoms with Gasteiger partial charge in [0, 0.05) is 6.54 Å². The number of alkyl halides is 6. The van der Waals surface area contributed by atoms with E-state index < -0.39 is 24.0 Å². The first-order chi connectivity index (χ1) is 7.66. The van der Waals surface area contributed by atoms with E-state index in [0.29, 0.717) is 0 Å². The number of allylic oxidation sites excluding steroid dienone is 1. The van der Waals surface area contributed by atoms with Crippen LogP contribution in [-0.4, -0.2) is 14.8 Å². The van der Waals surface area contributed by atoms with E-state index >= 15 is 0 Å². The molecule has 0 bridgehead atoms. The third-order valence-corrected chi connectivity index (χ3v) is 1.72. The van der Waals surface area contributed by atoms with E-state index in [9.17, 15) is 26.3 Å². The van der Waals surface area contributed by atoms with E-state index in [0.717, 1.165) is 0 Å². The van der Waals surface area contributed by atoms with Crippen LogP contribution in [0.25, 0.3) is 0 Å². The summed E-state index contributed by atoms with van der Waals surface area (Å²) in [5.74, 6) is -3.46. The summed E-state index contributed by atoms with van der Waals surface area (Å²) >= 11 is 0. The summed E-state index contributed by atoms with van der Waals surface area (Å²) in [6.07, 6.45) is -8.64. The van der Waals surface area contributed by atoms with Crippen molar-refractivity contribution in [1.82, 2.24) is 14.8 Å². The summed E-state index contributed by atoms with van der Waals surface area (Å²) < 4.78 is 73.8. The Labute approximate surface area is 91.8 Å². The normalized spacial score (nSPS) is 12.8. The molecule has 0 aliphatic carbocycles. The van der Waals surface area contributed by atoms with Gasteiger partial charge in [-0.3, -0.25) is 0 Å². The molecule has 1 heterocycles. The molecule has 9 heteroatoms. The van der Waals surface area contributed by atoms with Gasteiger partial charge in [-0.15, -0.1) is 11.7 Å². The molecule has 0 aliphatic heterocycles. The molecule has 0 atom stereocenters. The number of nitrogens with zero attached hydrogens (tertiary/aromatic N) is 3. The van der Waals surface area contributed by atoms with Gasteiger partial charge in [0.05, 0.1) is 0 Å². The molecule has 1 aromatic rings. The zero-order chi connectivity index (χ0) is 13.3. The fourth-order valence-electron chi connectivity index (χ4n) is 1.04. The third kappa shape index (κ3) is 3.21. The Morgan fingerprint density at radius 2 is 1.71 bits per heavy atom. The van der Waals surface area contributed by atoms with Crippen LogP contribution in [0.5, 0.6) is 0 Å². The van der Waals surface area contributed by atoms with E-state index in [-0.39, 0.29) is 17.6 Å². The molecule has 0 saturated heterocycles. The second-order valence-corrected chi connectivity index (χ2v) is 3.06. The Bertz CT molecular complexity index is 402. The molecule has 0 aromatic carbocycles. The van der Waals surface area contributed by atoms with Crippen LogP contribution in [0, 0.1) is 0 Å². The molecule has 0 unspecified atom stereocenters. The zero-order valence-electron chi connectivity index (χ0n) is 8.31. The minimum absolute atomic E-state index is 0.0593. The van der Waals surface area contributed by atoms with Gasteiger partial charge in [-0.25, -0.2) is 4.68 Å². The first kappa shape index (κ1) is 13.5. The monoisotopic (exact) mass is 259 g/mol. The number of hydrogen-bond donors (Lipinski definition) is 0. The Morgan fingerprint density at radius 1 is 1.12 bits per heavy atom. The van der Waals surface area contributed by atoms with Crippen LogP contribution in [0.15, 0.2) is 12.7 Å². The van der Waals surface area contributed by atoms with Crippen molar-refractivity contribution in [3.8, 4) is 0 Å². The van der Waals surface area contributed by atoms with Crippen LogP contribution in [0.3, 0.4) is 0 Å². The minimum Gasteiger partial charge on any atom is -0.241 e. The fraction of sp³-hybridized carbons (Fsp3) is 0.500. The van der Waals surface area contributed by atoms with E-state index in [2.05, 4.69) is 16.7 Å². The molecule has 96 valence electrons. The standard InChI is InChI=1S/C8H7F6N3/c1-2-3-4-17-6(8(12,13)14)15-5(16-17)7(9,10)11/h2H,1,3-4H2. The molecule has 1 aromatic heterocycles. The topological polar surface area (TPSA) is 30.7 Å². The van der Waals surface area contributed by atoms with Gasteiger partial charge in [0.15, 0.2) is 0 Å². The first-order valence-corrected chi connectivity index (χ1v) is 4.36. The molecule has 0 saturated carbocycles. The van der Waals surface area contributed by atoms with Crippen molar-refractivity contribution < 1.29 is 26.3 Å². The van der Waals surface area contributed by atoms with Gasteiger partial charge in [-0.05, 0) is 6.42 Å². The van der Waals surface area contributed by atoms with Crippen LogP contribution in [0.2, 0.25) is 0 Å². The van der Waals surface area contributed by atoms with Crippen molar-refractivity contribution in [2.45, 2.75) is 25.3 Å². The molecule has 0 radical (unpaired) electrons. The van der Waals surface area contributed by atoms with Gasteiger partial charge < -0.3 is 0 Å². The van der Waals surface area contributed by atoms with Crippen LogP contribution >= 0.6 is 0 Å². The van der Waals surface area contributed by atoms with Crippen molar-refractivity contribution in [3.63, 3.8) is 0 Å².